The van der Waals surface area contributed by atoms with E-state index < -0.39 is 0 Å². The van der Waals surface area contributed by atoms with Gasteiger partial charge in [-0.2, -0.15) is 5.10 Å². The molecule has 2 aromatic carbocycles. The van der Waals surface area contributed by atoms with Gasteiger partial charge in [0, 0.05) is 5.71 Å². The van der Waals surface area contributed by atoms with Crippen molar-refractivity contribution in [3.8, 4) is 0 Å². The molecule has 20 heavy (non-hydrogen) atoms. The molecule has 3 heteroatoms. The number of hydrazone groups is 1. The fourth-order valence-electron chi connectivity index (χ4n) is 2.88. The number of anilines is 1. The molecule has 0 amide bonds. The van der Waals surface area contributed by atoms with Gasteiger partial charge < -0.3 is 0 Å². The molecule has 0 fully saturated rings. The molecule has 0 bridgehead atoms. The molecule has 0 N–H and O–H groups in total. The maximum atomic E-state index is 4.90. The summed E-state index contributed by atoms with van der Waals surface area (Å²) in [5, 5.41) is 9.01. The third-order valence-electron chi connectivity index (χ3n) is 3.91. The highest BCUT2D eigenvalue weighted by Gasteiger charge is 2.35. The minimum atomic E-state index is 0.0484. The van der Waals surface area contributed by atoms with Crippen molar-refractivity contribution >= 4 is 17.5 Å². The van der Waals surface area contributed by atoms with E-state index in [0.717, 1.165) is 16.8 Å². The lowest BCUT2D eigenvalue weighted by atomic mass is 9.98. The SMILES string of the molecule is CC1=NN(c2ccccc2)C2N=c3ccccc3=CC12. The van der Waals surface area contributed by atoms with Gasteiger partial charge in [0.1, 0.15) is 0 Å². The molecule has 3 nitrogen and oxygen atoms in total. The van der Waals surface area contributed by atoms with Crippen LogP contribution in [0.25, 0.3) is 6.08 Å². The number of nitrogens with zero attached hydrogens (tertiary/aromatic N) is 3. The monoisotopic (exact) mass is 261 g/mol. The van der Waals surface area contributed by atoms with Crippen LogP contribution in [0.3, 0.4) is 0 Å². The Labute approximate surface area is 117 Å². The highest BCUT2D eigenvalue weighted by atomic mass is 15.5. The molecule has 4 rings (SSSR count). The van der Waals surface area contributed by atoms with Crippen LogP contribution in [0.15, 0.2) is 64.7 Å². The van der Waals surface area contributed by atoms with E-state index in [2.05, 4.69) is 43.3 Å². The molecular weight excluding hydrogens is 246 g/mol. The van der Waals surface area contributed by atoms with Crippen molar-refractivity contribution in [3.63, 3.8) is 0 Å². The quantitative estimate of drug-likeness (QED) is 0.771. The lowest BCUT2D eigenvalue weighted by molar-refractivity contribution is 0.610. The second kappa shape index (κ2) is 4.30. The molecule has 0 spiro atoms. The summed E-state index contributed by atoms with van der Waals surface area (Å²) in [6.45, 7) is 2.08. The van der Waals surface area contributed by atoms with E-state index in [1.165, 1.54) is 5.22 Å². The molecular formula is C17H15N3. The highest BCUT2D eigenvalue weighted by molar-refractivity contribution is 5.93. The van der Waals surface area contributed by atoms with E-state index >= 15 is 0 Å². The van der Waals surface area contributed by atoms with Crippen LogP contribution in [0.4, 0.5) is 5.69 Å². The average Bonchev–Trinajstić information content (AvgIpc) is 2.83. The number of para-hydroxylation sites is 2. The second-order valence-corrected chi connectivity index (χ2v) is 5.22. The lowest BCUT2D eigenvalue weighted by Gasteiger charge is -2.25. The van der Waals surface area contributed by atoms with Crippen molar-refractivity contribution in [1.82, 2.24) is 0 Å². The minimum absolute atomic E-state index is 0.0484. The van der Waals surface area contributed by atoms with Crippen LogP contribution >= 0.6 is 0 Å². The second-order valence-electron chi connectivity index (χ2n) is 5.22. The van der Waals surface area contributed by atoms with Gasteiger partial charge in [0.15, 0.2) is 6.17 Å². The molecule has 2 heterocycles. The van der Waals surface area contributed by atoms with Gasteiger partial charge in [0.2, 0.25) is 0 Å². The first-order valence-electron chi connectivity index (χ1n) is 6.87. The summed E-state index contributed by atoms with van der Waals surface area (Å²) < 4.78 is 0. The van der Waals surface area contributed by atoms with Gasteiger partial charge in [-0.1, -0.05) is 42.5 Å². The standard InChI is InChI=1S/C17H15N3/c1-12-15-11-13-7-5-6-10-16(13)18-17(15)20(19-12)14-8-3-2-4-9-14/h2-11,15,17H,1H3. The molecule has 98 valence electrons. The van der Waals surface area contributed by atoms with Crippen molar-refractivity contribution in [3.05, 3.63) is 65.2 Å². The predicted octanol–water partition coefficient (Wildman–Crippen LogP) is 1.94. The van der Waals surface area contributed by atoms with Crippen LogP contribution in [0, 0.1) is 5.92 Å². The summed E-state index contributed by atoms with van der Waals surface area (Å²) in [6, 6.07) is 18.5. The zero-order valence-corrected chi connectivity index (χ0v) is 11.3. The van der Waals surface area contributed by atoms with Crippen molar-refractivity contribution < 1.29 is 0 Å². The van der Waals surface area contributed by atoms with Crippen LogP contribution in [0.5, 0.6) is 0 Å². The van der Waals surface area contributed by atoms with E-state index in [4.69, 9.17) is 10.1 Å². The van der Waals surface area contributed by atoms with E-state index in [1.54, 1.807) is 0 Å². The third kappa shape index (κ3) is 1.67. The topological polar surface area (TPSA) is 28.0 Å². The van der Waals surface area contributed by atoms with Crippen molar-refractivity contribution in [2.75, 3.05) is 5.01 Å². The van der Waals surface area contributed by atoms with Gasteiger partial charge in [0.05, 0.1) is 17.0 Å². The van der Waals surface area contributed by atoms with Crippen molar-refractivity contribution in [2.24, 2.45) is 16.0 Å². The number of hydrogen-bond acceptors (Lipinski definition) is 3. The Morgan fingerprint density at radius 3 is 2.55 bits per heavy atom. The van der Waals surface area contributed by atoms with Crippen molar-refractivity contribution in [1.29, 1.82) is 0 Å². The van der Waals surface area contributed by atoms with E-state index in [1.807, 2.05) is 29.3 Å². The lowest BCUT2D eigenvalue weighted by Crippen LogP contribution is -2.41. The Balaban J connectivity index is 1.86. The van der Waals surface area contributed by atoms with Gasteiger partial charge in [-0.15, -0.1) is 0 Å². The van der Waals surface area contributed by atoms with Crippen LogP contribution in [0.2, 0.25) is 0 Å². The predicted molar refractivity (Wildman–Crippen MR) is 81.0 cm³/mol. The Kier molecular flexibility index (Phi) is 2.46. The van der Waals surface area contributed by atoms with E-state index in [9.17, 15) is 0 Å². The van der Waals surface area contributed by atoms with Crippen LogP contribution in [-0.2, 0) is 0 Å². The molecule has 0 saturated carbocycles. The van der Waals surface area contributed by atoms with Crippen LogP contribution < -0.4 is 15.6 Å². The largest absolute Gasteiger partial charge is 0.257 e. The zero-order chi connectivity index (χ0) is 13.5. The van der Waals surface area contributed by atoms with Crippen LogP contribution in [0.1, 0.15) is 6.92 Å². The highest BCUT2D eigenvalue weighted by Crippen LogP contribution is 2.30. The first-order chi connectivity index (χ1) is 9.83. The summed E-state index contributed by atoms with van der Waals surface area (Å²) in [7, 11) is 0. The van der Waals surface area contributed by atoms with Gasteiger partial charge in [0.25, 0.3) is 0 Å². The molecule has 0 aliphatic carbocycles. The van der Waals surface area contributed by atoms with Gasteiger partial charge >= 0.3 is 0 Å². The molecule has 2 unspecified atom stereocenters. The molecule has 0 aromatic heterocycles. The first-order valence-corrected chi connectivity index (χ1v) is 6.87. The maximum Gasteiger partial charge on any atom is 0.154 e. The molecule has 2 aliphatic heterocycles. The summed E-state index contributed by atoms with van der Waals surface area (Å²) in [5.41, 5.74) is 2.22. The number of benzene rings is 2. The van der Waals surface area contributed by atoms with E-state index in [-0.39, 0.29) is 12.1 Å². The number of rotatable bonds is 1. The Bertz CT molecular complexity index is 792. The molecule has 0 radical (unpaired) electrons. The van der Waals surface area contributed by atoms with Crippen molar-refractivity contribution in [2.45, 2.75) is 13.1 Å². The third-order valence-corrected chi connectivity index (χ3v) is 3.91. The van der Waals surface area contributed by atoms with Crippen LogP contribution in [-0.4, -0.2) is 11.9 Å². The van der Waals surface area contributed by atoms with E-state index in [0.29, 0.717) is 0 Å². The first kappa shape index (κ1) is 11.4. The Morgan fingerprint density at radius 2 is 1.70 bits per heavy atom. The summed E-state index contributed by atoms with van der Waals surface area (Å²) in [4.78, 5) is 4.90. The zero-order valence-electron chi connectivity index (χ0n) is 11.3. The Hall–Kier alpha value is -2.42. The van der Waals surface area contributed by atoms with Gasteiger partial charge in [-0.05, 0) is 30.3 Å². The summed E-state index contributed by atoms with van der Waals surface area (Å²) in [5.74, 6) is 0.269. The molecule has 2 aliphatic rings. The smallest absolute Gasteiger partial charge is 0.154 e. The molecule has 2 atom stereocenters. The van der Waals surface area contributed by atoms with Gasteiger partial charge in [-0.3, -0.25) is 4.99 Å². The molecule has 2 aromatic rings. The molecule has 0 saturated heterocycles. The number of hydrogen-bond donors (Lipinski definition) is 0. The average molecular weight is 261 g/mol. The fraction of sp³-hybridized carbons (Fsp3) is 0.176. The van der Waals surface area contributed by atoms with Gasteiger partial charge in [-0.25, -0.2) is 5.01 Å². The summed E-state index contributed by atoms with van der Waals surface area (Å²) in [6.07, 6.45) is 2.33. The Morgan fingerprint density at radius 1 is 0.950 bits per heavy atom. The summed E-state index contributed by atoms with van der Waals surface area (Å²) >= 11 is 0. The normalized spacial score (nSPS) is 23.2. The maximum absolute atomic E-state index is 4.90. The fourth-order valence-corrected chi connectivity index (χ4v) is 2.88. The minimum Gasteiger partial charge on any atom is -0.257 e. The number of fused-ring (bicyclic) bond motifs is 2.